The van der Waals surface area contributed by atoms with E-state index in [-0.39, 0.29) is 6.04 Å². The molecule has 0 aromatic heterocycles. The normalized spacial score (nSPS) is 28.1. The summed E-state index contributed by atoms with van der Waals surface area (Å²) >= 11 is 0. The quantitative estimate of drug-likeness (QED) is 0.862. The highest BCUT2D eigenvalue weighted by atomic mass is 16.5. The molecule has 3 N–H and O–H groups in total. The molecule has 2 unspecified atom stereocenters. The van der Waals surface area contributed by atoms with E-state index in [1.54, 1.807) is 0 Å². The number of nitrogens with two attached hydrogens (primary N) is 1. The fourth-order valence-electron chi connectivity index (χ4n) is 2.73. The number of aliphatic hydroxyl groups is 1. The molecule has 1 saturated carbocycles. The average molecular weight is 249 g/mol. The second kappa shape index (κ2) is 5.72. The zero-order valence-electron chi connectivity index (χ0n) is 11.1. The third kappa shape index (κ3) is 2.85. The Hall–Kier alpha value is -1.06. The third-order valence-electron chi connectivity index (χ3n) is 3.62. The Kier molecular flexibility index (Phi) is 4.25. The van der Waals surface area contributed by atoms with E-state index in [1.165, 1.54) is 0 Å². The van der Waals surface area contributed by atoms with Gasteiger partial charge in [0.25, 0.3) is 0 Å². The van der Waals surface area contributed by atoms with E-state index >= 15 is 0 Å². The minimum atomic E-state index is -0.817. The molecule has 2 atom stereocenters. The Morgan fingerprint density at radius 2 is 2.22 bits per heavy atom. The van der Waals surface area contributed by atoms with Crippen molar-refractivity contribution in [2.45, 2.75) is 50.7 Å². The Balaban J connectivity index is 2.25. The summed E-state index contributed by atoms with van der Waals surface area (Å²) < 4.78 is 5.74. The van der Waals surface area contributed by atoms with Crippen LogP contribution < -0.4 is 10.5 Å². The number of hydrogen-bond acceptors (Lipinski definition) is 3. The minimum absolute atomic E-state index is 0.0861. The van der Waals surface area contributed by atoms with Gasteiger partial charge in [-0.3, -0.25) is 0 Å². The van der Waals surface area contributed by atoms with Crippen LogP contribution in [0.25, 0.3) is 0 Å². The van der Waals surface area contributed by atoms with E-state index in [1.807, 2.05) is 24.3 Å². The first-order valence-corrected chi connectivity index (χ1v) is 6.86. The predicted molar refractivity (Wildman–Crippen MR) is 72.6 cm³/mol. The summed E-state index contributed by atoms with van der Waals surface area (Å²) in [5.74, 6) is 0.802. The fraction of sp³-hybridized carbons (Fsp3) is 0.600. The maximum atomic E-state index is 10.8. The van der Waals surface area contributed by atoms with Crippen LogP contribution in [0.2, 0.25) is 0 Å². The standard InChI is InChI=1S/C15H23NO2/c1-2-10-18-14-8-4-3-7-13(14)15(17)9-5-6-12(16)11-15/h3-4,7-8,12,17H,2,5-6,9-11,16H2,1H3. The molecule has 0 saturated heterocycles. The Morgan fingerprint density at radius 3 is 2.94 bits per heavy atom. The van der Waals surface area contributed by atoms with Crippen molar-refractivity contribution in [3.63, 3.8) is 0 Å². The van der Waals surface area contributed by atoms with Gasteiger partial charge in [0.1, 0.15) is 5.75 Å². The zero-order chi connectivity index (χ0) is 13.0. The van der Waals surface area contributed by atoms with Crippen molar-refractivity contribution in [2.24, 2.45) is 5.73 Å². The van der Waals surface area contributed by atoms with Gasteiger partial charge in [-0.25, -0.2) is 0 Å². The summed E-state index contributed by atoms with van der Waals surface area (Å²) in [4.78, 5) is 0. The van der Waals surface area contributed by atoms with Gasteiger partial charge in [0.15, 0.2) is 0 Å². The van der Waals surface area contributed by atoms with Crippen molar-refractivity contribution in [1.82, 2.24) is 0 Å². The molecule has 3 heteroatoms. The largest absolute Gasteiger partial charge is 0.493 e. The lowest BCUT2D eigenvalue weighted by Gasteiger charge is -2.36. The van der Waals surface area contributed by atoms with E-state index in [4.69, 9.17) is 10.5 Å². The maximum absolute atomic E-state index is 10.8. The van der Waals surface area contributed by atoms with Gasteiger partial charge in [-0.05, 0) is 38.2 Å². The molecule has 1 fully saturated rings. The lowest BCUT2D eigenvalue weighted by Crippen LogP contribution is -2.39. The van der Waals surface area contributed by atoms with E-state index in [9.17, 15) is 5.11 Å². The molecule has 0 bridgehead atoms. The predicted octanol–water partition coefficient (Wildman–Crippen LogP) is 2.56. The molecular weight excluding hydrogens is 226 g/mol. The molecule has 1 aromatic carbocycles. The SMILES string of the molecule is CCCOc1ccccc1C1(O)CCCC(N)C1. The monoisotopic (exact) mass is 249 g/mol. The molecule has 1 aliphatic rings. The average Bonchev–Trinajstić information content (AvgIpc) is 2.36. The van der Waals surface area contributed by atoms with Gasteiger partial charge in [-0.1, -0.05) is 25.1 Å². The first-order valence-electron chi connectivity index (χ1n) is 6.86. The number of hydrogen-bond donors (Lipinski definition) is 2. The first kappa shape index (κ1) is 13.4. The van der Waals surface area contributed by atoms with Crippen LogP contribution in [0, 0.1) is 0 Å². The van der Waals surface area contributed by atoms with Gasteiger partial charge in [0.05, 0.1) is 12.2 Å². The Bertz CT molecular complexity index is 394. The van der Waals surface area contributed by atoms with Gasteiger partial charge in [-0.2, -0.15) is 0 Å². The van der Waals surface area contributed by atoms with Crippen LogP contribution in [0.5, 0.6) is 5.75 Å². The van der Waals surface area contributed by atoms with Crippen molar-refractivity contribution >= 4 is 0 Å². The molecule has 100 valence electrons. The summed E-state index contributed by atoms with van der Waals surface area (Å²) in [6, 6.07) is 7.88. The Morgan fingerprint density at radius 1 is 1.44 bits per heavy atom. The highest BCUT2D eigenvalue weighted by Gasteiger charge is 2.36. The molecule has 0 amide bonds. The van der Waals surface area contributed by atoms with Gasteiger partial charge in [-0.15, -0.1) is 0 Å². The fourth-order valence-corrected chi connectivity index (χ4v) is 2.73. The zero-order valence-corrected chi connectivity index (χ0v) is 11.1. The molecule has 2 rings (SSSR count). The number of para-hydroxylation sites is 1. The van der Waals surface area contributed by atoms with Crippen molar-refractivity contribution in [3.8, 4) is 5.75 Å². The molecule has 1 aliphatic carbocycles. The lowest BCUT2D eigenvalue weighted by atomic mass is 9.77. The second-order valence-corrected chi connectivity index (χ2v) is 5.23. The van der Waals surface area contributed by atoms with Crippen LogP contribution in [-0.2, 0) is 5.60 Å². The summed E-state index contributed by atoms with van der Waals surface area (Å²) in [6.07, 6.45) is 4.33. The van der Waals surface area contributed by atoms with Crippen LogP contribution in [0.1, 0.15) is 44.6 Å². The van der Waals surface area contributed by atoms with Gasteiger partial charge in [0, 0.05) is 11.6 Å². The molecule has 1 aromatic rings. The molecule has 3 nitrogen and oxygen atoms in total. The van der Waals surface area contributed by atoms with Gasteiger partial charge >= 0.3 is 0 Å². The van der Waals surface area contributed by atoms with Gasteiger partial charge in [0.2, 0.25) is 0 Å². The van der Waals surface area contributed by atoms with Crippen molar-refractivity contribution in [1.29, 1.82) is 0 Å². The van der Waals surface area contributed by atoms with E-state index in [0.717, 1.165) is 37.0 Å². The van der Waals surface area contributed by atoms with E-state index < -0.39 is 5.60 Å². The molecule has 0 aliphatic heterocycles. The van der Waals surface area contributed by atoms with Crippen LogP contribution in [0.15, 0.2) is 24.3 Å². The van der Waals surface area contributed by atoms with Crippen molar-refractivity contribution in [2.75, 3.05) is 6.61 Å². The van der Waals surface area contributed by atoms with Crippen molar-refractivity contribution in [3.05, 3.63) is 29.8 Å². The van der Waals surface area contributed by atoms with Crippen molar-refractivity contribution < 1.29 is 9.84 Å². The van der Waals surface area contributed by atoms with Crippen LogP contribution >= 0.6 is 0 Å². The lowest BCUT2D eigenvalue weighted by molar-refractivity contribution is -0.00944. The summed E-state index contributed by atoms with van der Waals surface area (Å²) in [5.41, 5.74) is 6.08. The van der Waals surface area contributed by atoms with Crippen LogP contribution in [0.3, 0.4) is 0 Å². The molecule has 0 spiro atoms. The van der Waals surface area contributed by atoms with Gasteiger partial charge < -0.3 is 15.6 Å². The second-order valence-electron chi connectivity index (χ2n) is 5.23. The molecular formula is C15H23NO2. The first-order chi connectivity index (χ1) is 8.65. The maximum Gasteiger partial charge on any atom is 0.125 e. The van der Waals surface area contributed by atoms with E-state index in [2.05, 4.69) is 6.92 Å². The third-order valence-corrected chi connectivity index (χ3v) is 3.62. The van der Waals surface area contributed by atoms with E-state index in [0.29, 0.717) is 13.0 Å². The number of ether oxygens (including phenoxy) is 1. The number of rotatable bonds is 4. The highest BCUT2D eigenvalue weighted by Crippen LogP contribution is 2.40. The molecule has 0 radical (unpaired) electrons. The summed E-state index contributed by atoms with van der Waals surface area (Å²) in [6.45, 7) is 2.76. The summed E-state index contributed by atoms with van der Waals surface area (Å²) in [7, 11) is 0. The minimum Gasteiger partial charge on any atom is -0.493 e. The highest BCUT2D eigenvalue weighted by molar-refractivity contribution is 5.38. The Labute approximate surface area is 109 Å². The molecule has 18 heavy (non-hydrogen) atoms. The molecule has 0 heterocycles. The summed E-state index contributed by atoms with van der Waals surface area (Å²) in [5, 5.41) is 10.8. The van der Waals surface area contributed by atoms with Crippen LogP contribution in [0.4, 0.5) is 0 Å². The number of benzene rings is 1. The smallest absolute Gasteiger partial charge is 0.125 e. The van der Waals surface area contributed by atoms with Crippen LogP contribution in [-0.4, -0.2) is 17.8 Å². The topological polar surface area (TPSA) is 55.5 Å².